The second-order valence-electron chi connectivity index (χ2n) is 6.59. The lowest BCUT2D eigenvalue weighted by molar-refractivity contribution is 0.227. The number of anilines is 1. The van der Waals surface area contributed by atoms with Crippen LogP contribution >= 0.6 is 0 Å². The Kier molecular flexibility index (Phi) is 4.55. The zero-order valence-corrected chi connectivity index (χ0v) is 14.0. The van der Waals surface area contributed by atoms with E-state index in [1.807, 2.05) is 6.07 Å². The van der Waals surface area contributed by atoms with Crippen LogP contribution in [0.25, 0.3) is 0 Å². The summed E-state index contributed by atoms with van der Waals surface area (Å²) < 4.78 is 2.15. The summed E-state index contributed by atoms with van der Waals surface area (Å²) in [5, 5.41) is 7.93. The smallest absolute Gasteiger partial charge is 0.222 e. The van der Waals surface area contributed by atoms with Crippen LogP contribution in [0, 0.1) is 0 Å². The normalized spacial score (nSPS) is 18.1. The van der Waals surface area contributed by atoms with Gasteiger partial charge in [-0.1, -0.05) is 11.6 Å². The minimum Gasteiger partial charge on any atom is -0.348 e. The summed E-state index contributed by atoms with van der Waals surface area (Å²) in [6.07, 6.45) is 11.2. The third-order valence-corrected chi connectivity index (χ3v) is 4.73. The molecule has 6 heteroatoms. The molecule has 0 spiro atoms. The minimum atomic E-state index is 0.648. The van der Waals surface area contributed by atoms with Gasteiger partial charge in [-0.3, -0.25) is 9.58 Å². The number of nitrogens with one attached hydrogen (secondary N) is 1. The molecule has 0 saturated heterocycles. The van der Waals surface area contributed by atoms with E-state index in [-0.39, 0.29) is 0 Å². The molecule has 0 radical (unpaired) electrons. The fraction of sp³-hybridized carbons (Fsp3) is 0.500. The van der Waals surface area contributed by atoms with Crippen LogP contribution in [0.3, 0.4) is 0 Å². The number of hydrogen-bond donors (Lipinski definition) is 1. The van der Waals surface area contributed by atoms with Gasteiger partial charge in [-0.25, -0.2) is 9.97 Å². The van der Waals surface area contributed by atoms with Crippen LogP contribution in [0.15, 0.2) is 36.2 Å². The first-order chi connectivity index (χ1) is 11.9. The molecule has 2 aromatic heterocycles. The van der Waals surface area contributed by atoms with Crippen LogP contribution in [0.4, 0.5) is 5.95 Å². The molecule has 0 aromatic carbocycles. The van der Waals surface area contributed by atoms with Crippen LogP contribution < -0.4 is 5.32 Å². The Hall–Kier alpha value is -2.21. The van der Waals surface area contributed by atoms with Gasteiger partial charge in [0.15, 0.2) is 0 Å². The topological polar surface area (TPSA) is 58.9 Å². The summed E-state index contributed by atoms with van der Waals surface area (Å²) in [5.41, 5.74) is 3.98. The van der Waals surface area contributed by atoms with Gasteiger partial charge in [0, 0.05) is 32.0 Å². The lowest BCUT2D eigenvalue weighted by Crippen LogP contribution is -2.35. The van der Waals surface area contributed by atoms with Gasteiger partial charge >= 0.3 is 0 Å². The van der Waals surface area contributed by atoms with E-state index >= 15 is 0 Å². The van der Waals surface area contributed by atoms with Crippen molar-refractivity contribution in [3.8, 4) is 0 Å². The van der Waals surface area contributed by atoms with Gasteiger partial charge in [-0.2, -0.15) is 5.10 Å². The second kappa shape index (κ2) is 7.13. The predicted octanol–water partition coefficient (Wildman–Crippen LogP) is 2.60. The lowest BCUT2D eigenvalue weighted by Gasteiger charge is -2.29. The number of aromatic nitrogens is 4. The largest absolute Gasteiger partial charge is 0.348 e. The van der Waals surface area contributed by atoms with E-state index in [1.54, 1.807) is 18.0 Å². The van der Waals surface area contributed by atoms with Gasteiger partial charge in [0.1, 0.15) is 0 Å². The van der Waals surface area contributed by atoms with Crippen molar-refractivity contribution in [1.29, 1.82) is 0 Å². The fourth-order valence-electron chi connectivity index (χ4n) is 3.50. The van der Waals surface area contributed by atoms with E-state index in [2.05, 4.69) is 37.0 Å². The molecule has 6 nitrogen and oxygen atoms in total. The van der Waals surface area contributed by atoms with E-state index < -0.39 is 0 Å². The number of fused-ring (bicyclic) bond motifs is 1. The molecule has 0 atom stereocenters. The standard InChI is InChI=1S/C18H24N6/c1-2-5-15(6-3-1)13-23-9-10-24-17(14-23)11-16(22-24)12-21-18-19-7-4-8-20-18/h4-5,7-8,11H,1-3,6,9-10,12-14H2,(H,19,20,21). The van der Waals surface area contributed by atoms with Crippen molar-refractivity contribution in [2.75, 3.05) is 18.4 Å². The summed E-state index contributed by atoms with van der Waals surface area (Å²) in [5.74, 6) is 0.648. The Morgan fingerprint density at radius 1 is 1.12 bits per heavy atom. The van der Waals surface area contributed by atoms with Crippen molar-refractivity contribution in [2.24, 2.45) is 0 Å². The van der Waals surface area contributed by atoms with E-state index in [9.17, 15) is 0 Å². The van der Waals surface area contributed by atoms with Crippen molar-refractivity contribution in [1.82, 2.24) is 24.6 Å². The Bertz CT molecular complexity index is 706. The van der Waals surface area contributed by atoms with Gasteiger partial charge in [0.05, 0.1) is 24.5 Å². The molecular formula is C18H24N6. The van der Waals surface area contributed by atoms with Crippen LogP contribution in [0.5, 0.6) is 0 Å². The van der Waals surface area contributed by atoms with Gasteiger partial charge in [-0.15, -0.1) is 0 Å². The van der Waals surface area contributed by atoms with E-state index in [0.717, 1.165) is 31.9 Å². The number of allylic oxidation sites excluding steroid dienone is 1. The Morgan fingerprint density at radius 3 is 2.88 bits per heavy atom. The third-order valence-electron chi connectivity index (χ3n) is 4.73. The molecule has 2 aliphatic rings. The SMILES string of the molecule is C1=C(CN2CCn3nc(CNc4ncccn4)cc3C2)CCCC1. The third kappa shape index (κ3) is 3.64. The molecule has 24 heavy (non-hydrogen) atoms. The molecule has 1 aliphatic carbocycles. The maximum atomic E-state index is 4.70. The van der Waals surface area contributed by atoms with Crippen LogP contribution in [-0.4, -0.2) is 37.7 Å². The second-order valence-corrected chi connectivity index (χ2v) is 6.59. The molecule has 0 saturated carbocycles. The molecule has 1 aliphatic heterocycles. The monoisotopic (exact) mass is 324 g/mol. The van der Waals surface area contributed by atoms with Crippen molar-refractivity contribution in [3.63, 3.8) is 0 Å². The summed E-state index contributed by atoms with van der Waals surface area (Å²) in [7, 11) is 0. The summed E-state index contributed by atoms with van der Waals surface area (Å²) >= 11 is 0. The maximum absolute atomic E-state index is 4.70. The molecule has 4 rings (SSSR count). The van der Waals surface area contributed by atoms with Crippen LogP contribution in [0.1, 0.15) is 37.1 Å². The highest BCUT2D eigenvalue weighted by Gasteiger charge is 2.19. The molecule has 0 bridgehead atoms. The fourth-order valence-corrected chi connectivity index (χ4v) is 3.50. The average molecular weight is 324 g/mol. The molecule has 0 unspecified atom stereocenters. The van der Waals surface area contributed by atoms with E-state index in [1.165, 1.54) is 31.4 Å². The molecule has 0 amide bonds. The summed E-state index contributed by atoms with van der Waals surface area (Å²) in [6.45, 7) is 4.84. The van der Waals surface area contributed by atoms with Crippen molar-refractivity contribution < 1.29 is 0 Å². The van der Waals surface area contributed by atoms with Gasteiger partial charge in [-0.05, 0) is 37.8 Å². The van der Waals surface area contributed by atoms with Gasteiger partial charge in [0.2, 0.25) is 5.95 Å². The number of hydrogen-bond acceptors (Lipinski definition) is 5. The number of rotatable bonds is 5. The molecule has 3 heterocycles. The quantitative estimate of drug-likeness (QED) is 0.857. The molecule has 2 aromatic rings. The van der Waals surface area contributed by atoms with Gasteiger partial charge in [0.25, 0.3) is 0 Å². The minimum absolute atomic E-state index is 0.648. The van der Waals surface area contributed by atoms with E-state index in [0.29, 0.717) is 12.5 Å². The molecule has 126 valence electrons. The molecule has 1 N–H and O–H groups in total. The van der Waals surface area contributed by atoms with Gasteiger partial charge < -0.3 is 5.32 Å². The Labute approximate surface area is 142 Å². The molecule has 0 fully saturated rings. The van der Waals surface area contributed by atoms with Crippen LogP contribution in [-0.2, 0) is 19.6 Å². The first-order valence-corrected chi connectivity index (χ1v) is 8.83. The van der Waals surface area contributed by atoms with E-state index in [4.69, 9.17) is 5.10 Å². The average Bonchev–Trinajstić information content (AvgIpc) is 3.04. The maximum Gasteiger partial charge on any atom is 0.222 e. The predicted molar refractivity (Wildman–Crippen MR) is 93.4 cm³/mol. The van der Waals surface area contributed by atoms with Crippen molar-refractivity contribution >= 4 is 5.95 Å². The zero-order valence-electron chi connectivity index (χ0n) is 14.0. The highest BCUT2D eigenvalue weighted by Crippen LogP contribution is 2.21. The Morgan fingerprint density at radius 2 is 2.04 bits per heavy atom. The highest BCUT2D eigenvalue weighted by molar-refractivity contribution is 5.25. The zero-order chi connectivity index (χ0) is 16.2. The highest BCUT2D eigenvalue weighted by atomic mass is 15.3. The summed E-state index contributed by atoms with van der Waals surface area (Å²) in [6, 6.07) is 4.02. The van der Waals surface area contributed by atoms with Crippen molar-refractivity contribution in [2.45, 2.75) is 45.3 Å². The van der Waals surface area contributed by atoms with Crippen molar-refractivity contribution in [3.05, 3.63) is 47.6 Å². The first kappa shape index (κ1) is 15.3. The first-order valence-electron chi connectivity index (χ1n) is 8.83. The lowest BCUT2D eigenvalue weighted by atomic mass is 9.99. The Balaban J connectivity index is 1.36. The summed E-state index contributed by atoms with van der Waals surface area (Å²) in [4.78, 5) is 10.9. The van der Waals surface area contributed by atoms with Crippen LogP contribution in [0.2, 0.25) is 0 Å². The number of nitrogens with zero attached hydrogens (tertiary/aromatic N) is 5. The molecular weight excluding hydrogens is 300 g/mol.